The first-order chi connectivity index (χ1) is 9.79. The zero-order valence-corrected chi connectivity index (χ0v) is 11.1. The molecule has 98 valence electrons. The van der Waals surface area contributed by atoms with Crippen molar-refractivity contribution in [2.75, 3.05) is 0 Å². The smallest absolute Gasteiger partial charge is 0.116 e. The third-order valence-corrected chi connectivity index (χ3v) is 4.35. The Labute approximate surface area is 117 Å². The van der Waals surface area contributed by atoms with Gasteiger partial charge in [0.15, 0.2) is 0 Å². The summed E-state index contributed by atoms with van der Waals surface area (Å²) in [5.74, 6) is 0. The number of pyridine rings is 1. The van der Waals surface area contributed by atoms with E-state index in [1.807, 2.05) is 48.7 Å². The number of fused-ring (bicyclic) bond motifs is 2. The van der Waals surface area contributed by atoms with Crippen molar-refractivity contribution in [1.29, 1.82) is 0 Å². The Balaban J connectivity index is 2.01. The van der Waals surface area contributed by atoms with E-state index in [4.69, 9.17) is 0 Å². The molecule has 0 saturated heterocycles. The molecule has 1 heterocycles. The topological polar surface area (TPSA) is 33.1 Å². The van der Waals surface area contributed by atoms with Crippen molar-refractivity contribution < 1.29 is 5.11 Å². The average Bonchev–Trinajstić information content (AvgIpc) is 2.86. The van der Waals surface area contributed by atoms with Crippen LogP contribution in [0.4, 0.5) is 0 Å². The van der Waals surface area contributed by atoms with Gasteiger partial charge in [0, 0.05) is 17.8 Å². The maximum absolute atomic E-state index is 11.3. The minimum Gasteiger partial charge on any atom is -0.380 e. The first-order valence-corrected chi connectivity index (χ1v) is 6.93. The van der Waals surface area contributed by atoms with Crippen LogP contribution < -0.4 is 0 Å². The van der Waals surface area contributed by atoms with Crippen LogP contribution in [0.3, 0.4) is 0 Å². The molecule has 1 unspecified atom stereocenters. The van der Waals surface area contributed by atoms with Gasteiger partial charge in [0.05, 0.1) is 0 Å². The van der Waals surface area contributed by atoms with E-state index in [0.29, 0.717) is 0 Å². The SMILES string of the molecule is OC1(c2cccc3cnccc23)CCc2ccccc21. The van der Waals surface area contributed by atoms with Crippen LogP contribution in [0.2, 0.25) is 0 Å². The average molecular weight is 261 g/mol. The highest BCUT2D eigenvalue weighted by atomic mass is 16.3. The minimum atomic E-state index is -0.878. The van der Waals surface area contributed by atoms with Crippen molar-refractivity contribution >= 4 is 10.8 Å². The molecule has 0 bridgehead atoms. The number of nitrogens with zero attached hydrogens (tertiary/aromatic N) is 1. The summed E-state index contributed by atoms with van der Waals surface area (Å²) in [4.78, 5) is 4.17. The highest BCUT2D eigenvalue weighted by Gasteiger charge is 2.38. The highest BCUT2D eigenvalue weighted by Crippen LogP contribution is 2.43. The summed E-state index contributed by atoms with van der Waals surface area (Å²) in [6, 6.07) is 16.3. The second-order valence-electron chi connectivity index (χ2n) is 5.42. The summed E-state index contributed by atoms with van der Waals surface area (Å²) in [6.45, 7) is 0. The monoisotopic (exact) mass is 261 g/mol. The lowest BCUT2D eigenvalue weighted by atomic mass is 9.85. The third kappa shape index (κ3) is 1.52. The van der Waals surface area contributed by atoms with Gasteiger partial charge in [0.1, 0.15) is 5.60 Å². The van der Waals surface area contributed by atoms with Gasteiger partial charge in [-0.25, -0.2) is 0 Å². The van der Waals surface area contributed by atoms with Gasteiger partial charge < -0.3 is 5.11 Å². The van der Waals surface area contributed by atoms with Crippen LogP contribution in [0.5, 0.6) is 0 Å². The molecular formula is C18H15NO. The zero-order valence-electron chi connectivity index (χ0n) is 11.1. The predicted molar refractivity (Wildman–Crippen MR) is 79.5 cm³/mol. The van der Waals surface area contributed by atoms with Gasteiger partial charge in [-0.1, -0.05) is 42.5 Å². The molecule has 2 aromatic carbocycles. The molecule has 3 aromatic rings. The molecule has 0 fully saturated rings. The minimum absolute atomic E-state index is 0.744. The lowest BCUT2D eigenvalue weighted by molar-refractivity contribution is 0.0845. The van der Waals surface area contributed by atoms with E-state index in [-0.39, 0.29) is 0 Å². The van der Waals surface area contributed by atoms with Crippen LogP contribution in [0.25, 0.3) is 10.8 Å². The van der Waals surface area contributed by atoms with Crippen molar-refractivity contribution in [2.45, 2.75) is 18.4 Å². The van der Waals surface area contributed by atoms with E-state index < -0.39 is 5.60 Å². The normalized spacial score (nSPS) is 21.1. The number of benzene rings is 2. The van der Waals surface area contributed by atoms with Gasteiger partial charge >= 0.3 is 0 Å². The highest BCUT2D eigenvalue weighted by molar-refractivity contribution is 5.86. The third-order valence-electron chi connectivity index (χ3n) is 4.35. The first-order valence-electron chi connectivity index (χ1n) is 6.93. The van der Waals surface area contributed by atoms with Crippen molar-refractivity contribution in [3.8, 4) is 0 Å². The number of aromatic nitrogens is 1. The number of rotatable bonds is 1. The first kappa shape index (κ1) is 11.6. The van der Waals surface area contributed by atoms with Gasteiger partial charge in [0.25, 0.3) is 0 Å². The molecular weight excluding hydrogens is 246 g/mol. The number of aryl methyl sites for hydroxylation is 1. The Bertz CT molecular complexity index is 791. The maximum atomic E-state index is 11.3. The summed E-state index contributed by atoms with van der Waals surface area (Å²) in [5.41, 5.74) is 2.41. The molecule has 0 spiro atoms. The number of aliphatic hydroxyl groups is 1. The van der Waals surface area contributed by atoms with E-state index in [2.05, 4.69) is 11.1 Å². The molecule has 1 N–H and O–H groups in total. The fraction of sp³-hybridized carbons (Fsp3) is 0.167. The van der Waals surface area contributed by atoms with Crippen LogP contribution in [-0.4, -0.2) is 10.1 Å². The lowest BCUT2D eigenvalue weighted by Gasteiger charge is -2.26. The van der Waals surface area contributed by atoms with E-state index in [1.54, 1.807) is 6.20 Å². The van der Waals surface area contributed by atoms with Crippen LogP contribution in [-0.2, 0) is 12.0 Å². The Kier molecular flexibility index (Phi) is 2.41. The molecule has 0 radical (unpaired) electrons. The Hall–Kier alpha value is -2.19. The molecule has 4 rings (SSSR count). The largest absolute Gasteiger partial charge is 0.380 e. The van der Waals surface area contributed by atoms with Crippen molar-refractivity contribution in [2.24, 2.45) is 0 Å². The van der Waals surface area contributed by atoms with E-state index in [9.17, 15) is 5.11 Å². The molecule has 0 amide bonds. The second kappa shape index (κ2) is 4.15. The van der Waals surface area contributed by atoms with E-state index in [1.165, 1.54) is 5.56 Å². The van der Waals surface area contributed by atoms with Crippen LogP contribution in [0.1, 0.15) is 23.1 Å². The Morgan fingerprint density at radius 2 is 1.80 bits per heavy atom. The van der Waals surface area contributed by atoms with Gasteiger partial charge in [0.2, 0.25) is 0 Å². The van der Waals surface area contributed by atoms with E-state index in [0.717, 1.165) is 34.7 Å². The van der Waals surface area contributed by atoms with E-state index >= 15 is 0 Å². The summed E-state index contributed by atoms with van der Waals surface area (Å²) in [7, 11) is 0. The van der Waals surface area contributed by atoms with Gasteiger partial charge in [-0.15, -0.1) is 0 Å². The van der Waals surface area contributed by atoms with Crippen LogP contribution >= 0.6 is 0 Å². The molecule has 1 atom stereocenters. The van der Waals surface area contributed by atoms with Crippen molar-refractivity contribution in [1.82, 2.24) is 4.98 Å². The molecule has 2 heteroatoms. The Morgan fingerprint density at radius 3 is 2.75 bits per heavy atom. The molecule has 0 saturated carbocycles. The lowest BCUT2D eigenvalue weighted by Crippen LogP contribution is -2.24. The molecule has 1 aliphatic rings. The van der Waals surface area contributed by atoms with Gasteiger partial charge in [-0.05, 0) is 41.0 Å². The molecule has 0 aliphatic heterocycles. The summed E-state index contributed by atoms with van der Waals surface area (Å²) in [5, 5.41) is 13.4. The van der Waals surface area contributed by atoms with Crippen molar-refractivity contribution in [3.63, 3.8) is 0 Å². The molecule has 1 aliphatic carbocycles. The summed E-state index contributed by atoms with van der Waals surface area (Å²) < 4.78 is 0. The number of hydrogen-bond acceptors (Lipinski definition) is 2. The fourth-order valence-electron chi connectivity index (χ4n) is 3.35. The summed E-state index contributed by atoms with van der Waals surface area (Å²) in [6.07, 6.45) is 5.31. The quantitative estimate of drug-likeness (QED) is 0.728. The summed E-state index contributed by atoms with van der Waals surface area (Å²) >= 11 is 0. The number of hydrogen-bond donors (Lipinski definition) is 1. The van der Waals surface area contributed by atoms with Crippen molar-refractivity contribution in [3.05, 3.63) is 77.6 Å². The van der Waals surface area contributed by atoms with Crippen LogP contribution in [0.15, 0.2) is 60.9 Å². The maximum Gasteiger partial charge on any atom is 0.116 e. The van der Waals surface area contributed by atoms with Crippen LogP contribution in [0, 0.1) is 0 Å². The molecule has 1 aromatic heterocycles. The fourth-order valence-corrected chi connectivity index (χ4v) is 3.35. The molecule has 2 nitrogen and oxygen atoms in total. The molecule has 20 heavy (non-hydrogen) atoms. The van der Waals surface area contributed by atoms with Gasteiger partial charge in [-0.3, -0.25) is 4.98 Å². The zero-order chi connectivity index (χ0) is 13.6. The predicted octanol–water partition coefficient (Wildman–Crippen LogP) is 3.42. The Morgan fingerprint density at radius 1 is 0.950 bits per heavy atom. The second-order valence-corrected chi connectivity index (χ2v) is 5.42. The standard InChI is InChI=1S/C18H15NO/c20-18(10-8-13-4-1-2-6-16(13)18)17-7-3-5-14-12-19-11-9-15(14)17/h1-7,9,11-12,20H,8,10H2. The van der Waals surface area contributed by atoms with Gasteiger partial charge in [-0.2, -0.15) is 0 Å².